The van der Waals surface area contributed by atoms with Gasteiger partial charge in [0.05, 0.1) is 6.04 Å². The second-order valence-electron chi connectivity index (χ2n) is 7.84. The van der Waals surface area contributed by atoms with Crippen LogP contribution in [0.15, 0.2) is 30.3 Å². The lowest BCUT2D eigenvalue weighted by Crippen LogP contribution is -2.40. The third-order valence-electron chi connectivity index (χ3n) is 5.29. The van der Waals surface area contributed by atoms with Gasteiger partial charge in [0, 0.05) is 18.5 Å². The summed E-state index contributed by atoms with van der Waals surface area (Å²) in [6.07, 6.45) is 6.61. The minimum atomic E-state index is 0. The molecule has 2 bridgehead atoms. The van der Waals surface area contributed by atoms with Crippen molar-refractivity contribution in [3.05, 3.63) is 35.9 Å². The second-order valence-corrected chi connectivity index (χ2v) is 7.84. The molecule has 134 valence electrons. The Morgan fingerprint density at radius 3 is 2.38 bits per heavy atom. The summed E-state index contributed by atoms with van der Waals surface area (Å²) in [5.41, 5.74) is 1.22. The van der Waals surface area contributed by atoms with E-state index in [1.54, 1.807) is 0 Å². The maximum atomic E-state index is 12.6. The summed E-state index contributed by atoms with van der Waals surface area (Å²) < 4.78 is 0. The zero-order valence-corrected chi connectivity index (χ0v) is 15.6. The molecule has 3 atom stereocenters. The van der Waals surface area contributed by atoms with E-state index in [2.05, 4.69) is 48.7 Å². The number of fused-ring (bicyclic) bond motifs is 2. The van der Waals surface area contributed by atoms with Gasteiger partial charge in [0.1, 0.15) is 0 Å². The third-order valence-corrected chi connectivity index (χ3v) is 5.29. The number of benzene rings is 1. The van der Waals surface area contributed by atoms with Crippen molar-refractivity contribution in [3.63, 3.8) is 0 Å². The first-order valence-electron chi connectivity index (χ1n) is 9.20. The van der Waals surface area contributed by atoms with Gasteiger partial charge in [0.25, 0.3) is 0 Å². The molecule has 2 aliphatic heterocycles. The maximum absolute atomic E-state index is 12.6. The summed E-state index contributed by atoms with van der Waals surface area (Å²) in [5, 5.41) is 6.96. The van der Waals surface area contributed by atoms with E-state index < -0.39 is 0 Å². The molecule has 1 amide bonds. The topological polar surface area (TPSA) is 41.1 Å². The summed E-state index contributed by atoms with van der Waals surface area (Å²) in [5.74, 6) is 1.35. The predicted molar refractivity (Wildman–Crippen MR) is 101 cm³/mol. The molecule has 2 saturated heterocycles. The number of piperidine rings is 1. The van der Waals surface area contributed by atoms with Gasteiger partial charge in [-0.3, -0.25) is 4.79 Å². The standard InChI is InChI=1S/C20H30N2O.ClH/c1-14(2)10-19(16-6-4-3-5-7-16)22-20(23)13-15-11-17-8-9-18(12-15)21-17;/h3-7,14-15,17-19,21H,8-13H2,1-2H3,(H,22,23);1H. The van der Waals surface area contributed by atoms with Crippen LogP contribution >= 0.6 is 12.4 Å². The van der Waals surface area contributed by atoms with Crippen molar-refractivity contribution in [1.29, 1.82) is 0 Å². The van der Waals surface area contributed by atoms with E-state index in [0.29, 0.717) is 30.3 Å². The Hall–Kier alpha value is -1.06. The lowest BCUT2D eigenvalue weighted by molar-refractivity contribution is -0.123. The molecule has 2 heterocycles. The lowest BCUT2D eigenvalue weighted by atomic mass is 9.89. The van der Waals surface area contributed by atoms with Crippen molar-refractivity contribution in [2.24, 2.45) is 11.8 Å². The van der Waals surface area contributed by atoms with Crippen LogP contribution in [0.3, 0.4) is 0 Å². The molecule has 1 aromatic carbocycles. The molecule has 0 aromatic heterocycles. The molecular weight excluding hydrogens is 320 g/mol. The molecule has 0 saturated carbocycles. The van der Waals surface area contributed by atoms with Gasteiger partial charge in [-0.15, -0.1) is 12.4 Å². The van der Waals surface area contributed by atoms with Crippen LogP contribution in [-0.2, 0) is 4.79 Å². The average molecular weight is 351 g/mol. The molecule has 3 unspecified atom stereocenters. The van der Waals surface area contributed by atoms with Gasteiger partial charge in [-0.1, -0.05) is 44.2 Å². The molecule has 4 heteroatoms. The van der Waals surface area contributed by atoms with Crippen LogP contribution in [0.1, 0.15) is 64.0 Å². The minimum absolute atomic E-state index is 0. The Kier molecular flexibility index (Phi) is 7.12. The van der Waals surface area contributed by atoms with E-state index in [-0.39, 0.29) is 24.4 Å². The fourth-order valence-electron chi connectivity index (χ4n) is 4.29. The molecule has 24 heavy (non-hydrogen) atoms. The Balaban J connectivity index is 0.00000208. The number of hydrogen-bond acceptors (Lipinski definition) is 2. The van der Waals surface area contributed by atoms with Crippen LogP contribution in [0.4, 0.5) is 0 Å². The lowest BCUT2D eigenvalue weighted by Gasteiger charge is -2.29. The first-order chi connectivity index (χ1) is 11.1. The van der Waals surface area contributed by atoms with E-state index in [4.69, 9.17) is 0 Å². The Morgan fingerprint density at radius 1 is 1.17 bits per heavy atom. The van der Waals surface area contributed by atoms with Gasteiger partial charge in [0.15, 0.2) is 0 Å². The van der Waals surface area contributed by atoms with Crippen molar-refractivity contribution < 1.29 is 4.79 Å². The third kappa shape index (κ3) is 5.22. The highest BCUT2D eigenvalue weighted by atomic mass is 35.5. The van der Waals surface area contributed by atoms with Crippen molar-refractivity contribution in [2.45, 2.75) is 70.5 Å². The van der Waals surface area contributed by atoms with E-state index >= 15 is 0 Å². The Bertz CT molecular complexity index is 508. The fourth-order valence-corrected chi connectivity index (χ4v) is 4.29. The van der Waals surface area contributed by atoms with E-state index in [9.17, 15) is 4.79 Å². The van der Waals surface area contributed by atoms with Gasteiger partial charge >= 0.3 is 0 Å². The van der Waals surface area contributed by atoms with Crippen LogP contribution in [0.25, 0.3) is 0 Å². The fraction of sp³-hybridized carbons (Fsp3) is 0.650. The number of carbonyl (C=O) groups is 1. The van der Waals surface area contributed by atoms with Crippen LogP contribution < -0.4 is 10.6 Å². The number of amides is 1. The highest BCUT2D eigenvalue weighted by molar-refractivity contribution is 5.85. The molecule has 2 aliphatic rings. The van der Waals surface area contributed by atoms with Gasteiger partial charge in [-0.2, -0.15) is 0 Å². The average Bonchev–Trinajstić information content (AvgIpc) is 2.86. The highest BCUT2D eigenvalue weighted by Gasteiger charge is 2.34. The summed E-state index contributed by atoms with van der Waals surface area (Å²) in [7, 11) is 0. The van der Waals surface area contributed by atoms with Crippen LogP contribution in [0.5, 0.6) is 0 Å². The second kappa shape index (κ2) is 8.87. The molecule has 3 nitrogen and oxygen atoms in total. The molecule has 0 aliphatic carbocycles. The number of rotatable bonds is 6. The summed E-state index contributed by atoms with van der Waals surface area (Å²) >= 11 is 0. The largest absolute Gasteiger partial charge is 0.349 e. The van der Waals surface area contributed by atoms with Crippen molar-refractivity contribution in [3.8, 4) is 0 Å². The quantitative estimate of drug-likeness (QED) is 0.806. The van der Waals surface area contributed by atoms with Crippen LogP contribution in [-0.4, -0.2) is 18.0 Å². The SMILES string of the molecule is CC(C)CC(NC(=O)CC1CC2CCC(C1)N2)c1ccccc1.Cl. The zero-order chi connectivity index (χ0) is 16.2. The molecular formula is C20H31ClN2O. The molecule has 0 radical (unpaired) electrons. The van der Waals surface area contributed by atoms with Crippen molar-refractivity contribution in [2.75, 3.05) is 0 Å². The first kappa shape index (κ1) is 19.3. The van der Waals surface area contributed by atoms with E-state index in [0.717, 1.165) is 6.42 Å². The number of nitrogens with one attached hydrogen (secondary N) is 2. The number of hydrogen-bond donors (Lipinski definition) is 2. The number of carbonyl (C=O) groups excluding carboxylic acids is 1. The first-order valence-corrected chi connectivity index (χ1v) is 9.20. The number of halogens is 1. The van der Waals surface area contributed by atoms with Crippen molar-refractivity contribution in [1.82, 2.24) is 10.6 Å². The normalized spacial score (nSPS) is 26.7. The molecule has 0 spiro atoms. The van der Waals surface area contributed by atoms with Crippen LogP contribution in [0.2, 0.25) is 0 Å². The highest BCUT2D eigenvalue weighted by Crippen LogP contribution is 2.33. The van der Waals surface area contributed by atoms with Gasteiger partial charge in [-0.05, 0) is 49.5 Å². The van der Waals surface area contributed by atoms with Gasteiger partial charge in [-0.25, -0.2) is 0 Å². The predicted octanol–water partition coefficient (Wildman–Crippen LogP) is 4.23. The maximum Gasteiger partial charge on any atom is 0.220 e. The molecule has 3 rings (SSSR count). The zero-order valence-electron chi connectivity index (χ0n) is 14.8. The van der Waals surface area contributed by atoms with Crippen LogP contribution in [0, 0.1) is 11.8 Å². The smallest absolute Gasteiger partial charge is 0.220 e. The Morgan fingerprint density at radius 2 is 1.79 bits per heavy atom. The monoisotopic (exact) mass is 350 g/mol. The van der Waals surface area contributed by atoms with E-state index in [1.165, 1.54) is 31.2 Å². The molecule has 1 aromatic rings. The summed E-state index contributed by atoms with van der Waals surface area (Å²) in [6.45, 7) is 4.43. The van der Waals surface area contributed by atoms with Gasteiger partial charge < -0.3 is 10.6 Å². The summed E-state index contributed by atoms with van der Waals surface area (Å²) in [6, 6.07) is 11.8. The van der Waals surface area contributed by atoms with E-state index in [1.807, 2.05) is 6.07 Å². The molecule has 2 N–H and O–H groups in total. The van der Waals surface area contributed by atoms with Gasteiger partial charge in [0.2, 0.25) is 5.91 Å². The minimum Gasteiger partial charge on any atom is -0.349 e. The molecule has 2 fully saturated rings. The van der Waals surface area contributed by atoms with Crippen molar-refractivity contribution >= 4 is 18.3 Å². The Labute approximate surface area is 152 Å². The summed E-state index contributed by atoms with van der Waals surface area (Å²) in [4.78, 5) is 12.6.